The Morgan fingerprint density at radius 1 is 1.19 bits per heavy atom. The normalized spacial score (nSPS) is 11.1. The minimum absolute atomic E-state index is 0.0836. The molecule has 0 aliphatic rings. The number of nitrogens with one attached hydrogen (secondary N) is 2. The van der Waals surface area contributed by atoms with Crippen molar-refractivity contribution in [3.05, 3.63) is 36.2 Å². The van der Waals surface area contributed by atoms with E-state index in [0.29, 0.717) is 36.0 Å². The number of rotatable bonds is 9. The molecule has 0 unspecified atom stereocenters. The number of benzene rings is 1. The second-order valence-electron chi connectivity index (χ2n) is 5.28. The van der Waals surface area contributed by atoms with E-state index in [0.717, 1.165) is 5.56 Å². The third kappa shape index (κ3) is 4.54. The molecule has 26 heavy (non-hydrogen) atoms. The summed E-state index contributed by atoms with van der Waals surface area (Å²) < 4.78 is 34.3. The lowest BCUT2D eigenvalue weighted by Crippen LogP contribution is -2.04. The van der Waals surface area contributed by atoms with Crippen LogP contribution in [0.1, 0.15) is 12.0 Å². The van der Waals surface area contributed by atoms with Crippen LogP contribution in [0.3, 0.4) is 0 Å². The average Bonchev–Trinajstić information content (AvgIpc) is 3.04. The molecule has 0 bridgehead atoms. The first-order chi connectivity index (χ1) is 12.7. The molecule has 10 heteroatoms. The van der Waals surface area contributed by atoms with Gasteiger partial charge in [-0.05, 0) is 24.1 Å². The number of hydrogen-bond donors (Lipinski definition) is 3. The van der Waals surface area contributed by atoms with Crippen LogP contribution in [-0.4, -0.2) is 44.8 Å². The summed E-state index contributed by atoms with van der Waals surface area (Å²) in [4.78, 5) is 15.5. The smallest absolute Gasteiger partial charge is 0.387 e. The molecular weight excluding hydrogens is 348 g/mol. The van der Waals surface area contributed by atoms with Gasteiger partial charge in [-0.15, -0.1) is 0 Å². The zero-order valence-corrected chi connectivity index (χ0v) is 13.7. The molecule has 3 N–H and O–H groups in total. The van der Waals surface area contributed by atoms with Gasteiger partial charge in [-0.1, -0.05) is 12.1 Å². The van der Waals surface area contributed by atoms with Crippen LogP contribution in [0.2, 0.25) is 0 Å². The molecule has 0 saturated heterocycles. The molecule has 2 heterocycles. The second kappa shape index (κ2) is 8.39. The Labute approximate surface area is 147 Å². The Balaban J connectivity index is 1.66. The van der Waals surface area contributed by atoms with Crippen LogP contribution in [-0.2, 0) is 6.61 Å². The monoisotopic (exact) mass is 365 g/mol. The predicted octanol–water partition coefficient (Wildman–Crippen LogP) is 2.33. The molecule has 3 rings (SSSR count). The average molecular weight is 365 g/mol. The number of H-pyrrole nitrogens is 1. The van der Waals surface area contributed by atoms with E-state index in [1.807, 2.05) is 0 Å². The fraction of sp³-hybridized carbons (Fsp3) is 0.312. The van der Waals surface area contributed by atoms with Gasteiger partial charge in [0.1, 0.15) is 24.2 Å². The van der Waals surface area contributed by atoms with Crippen molar-refractivity contribution in [1.29, 1.82) is 0 Å². The summed E-state index contributed by atoms with van der Waals surface area (Å²) in [5, 5.41) is 11.8. The minimum Gasteiger partial charge on any atom is -0.471 e. The molecule has 0 radical (unpaired) electrons. The van der Waals surface area contributed by atoms with Crippen LogP contribution < -0.4 is 14.8 Å². The van der Waals surface area contributed by atoms with Crippen molar-refractivity contribution in [2.45, 2.75) is 19.6 Å². The molecule has 0 aliphatic carbocycles. The molecular formula is C16H17F2N5O3. The van der Waals surface area contributed by atoms with Crippen molar-refractivity contribution in [2.24, 2.45) is 0 Å². The number of ether oxygens (including phenoxy) is 2. The van der Waals surface area contributed by atoms with Crippen LogP contribution >= 0.6 is 0 Å². The third-order valence-corrected chi connectivity index (χ3v) is 3.40. The number of anilines is 1. The standard InChI is InChI=1S/C16H17F2N5O3/c17-15(18)26-11-4-2-10(3-5-11)8-25-14-12-13(20-9-21-14)23-16(22-12)19-6-1-7-24/h2-5,9,15,24H,1,6-8H2,(H2,19,20,21,22,23). The van der Waals surface area contributed by atoms with Gasteiger partial charge in [-0.25, -0.2) is 4.98 Å². The van der Waals surface area contributed by atoms with E-state index in [1.54, 1.807) is 12.1 Å². The largest absolute Gasteiger partial charge is 0.471 e. The molecule has 0 atom stereocenters. The van der Waals surface area contributed by atoms with Gasteiger partial charge in [0.15, 0.2) is 5.65 Å². The van der Waals surface area contributed by atoms with Crippen molar-refractivity contribution < 1.29 is 23.4 Å². The number of aliphatic hydroxyl groups excluding tert-OH is 1. The first-order valence-electron chi connectivity index (χ1n) is 7.87. The number of nitrogens with zero attached hydrogens (tertiary/aromatic N) is 3. The molecule has 8 nitrogen and oxygen atoms in total. The van der Waals surface area contributed by atoms with Crippen molar-refractivity contribution in [1.82, 2.24) is 19.9 Å². The highest BCUT2D eigenvalue weighted by atomic mass is 19.3. The summed E-state index contributed by atoms with van der Waals surface area (Å²) in [6, 6.07) is 6.15. The minimum atomic E-state index is -2.85. The maximum absolute atomic E-state index is 12.2. The Morgan fingerprint density at radius 2 is 2.00 bits per heavy atom. The van der Waals surface area contributed by atoms with Gasteiger partial charge in [0.25, 0.3) is 0 Å². The van der Waals surface area contributed by atoms with Gasteiger partial charge >= 0.3 is 6.61 Å². The van der Waals surface area contributed by atoms with Crippen molar-refractivity contribution in [2.75, 3.05) is 18.5 Å². The highest BCUT2D eigenvalue weighted by Crippen LogP contribution is 2.22. The highest BCUT2D eigenvalue weighted by molar-refractivity contribution is 5.78. The zero-order chi connectivity index (χ0) is 18.4. The van der Waals surface area contributed by atoms with E-state index in [2.05, 4.69) is 30.0 Å². The summed E-state index contributed by atoms with van der Waals surface area (Å²) in [6.45, 7) is -2.02. The van der Waals surface area contributed by atoms with Gasteiger partial charge in [0.2, 0.25) is 11.8 Å². The predicted molar refractivity (Wildman–Crippen MR) is 89.3 cm³/mol. The molecule has 3 aromatic rings. The maximum atomic E-state index is 12.2. The first kappa shape index (κ1) is 17.8. The van der Waals surface area contributed by atoms with E-state index >= 15 is 0 Å². The zero-order valence-electron chi connectivity index (χ0n) is 13.7. The van der Waals surface area contributed by atoms with Crippen molar-refractivity contribution in [3.63, 3.8) is 0 Å². The van der Waals surface area contributed by atoms with E-state index in [9.17, 15) is 8.78 Å². The first-order valence-corrected chi connectivity index (χ1v) is 7.87. The number of aromatic amines is 1. The number of halogens is 2. The number of aliphatic hydroxyl groups is 1. The quantitative estimate of drug-likeness (QED) is 0.500. The number of hydrogen-bond acceptors (Lipinski definition) is 7. The number of imidazole rings is 1. The molecule has 0 aliphatic heterocycles. The maximum Gasteiger partial charge on any atom is 0.387 e. The molecule has 0 amide bonds. The van der Waals surface area contributed by atoms with Gasteiger partial charge in [0, 0.05) is 13.2 Å². The summed E-state index contributed by atoms with van der Waals surface area (Å²) in [5.74, 6) is 0.915. The number of alkyl halides is 2. The lowest BCUT2D eigenvalue weighted by Gasteiger charge is -2.07. The Bertz CT molecular complexity index is 842. The number of fused-ring (bicyclic) bond motifs is 1. The van der Waals surface area contributed by atoms with E-state index in [-0.39, 0.29) is 19.0 Å². The van der Waals surface area contributed by atoms with Crippen LogP contribution in [0.4, 0.5) is 14.7 Å². The second-order valence-corrected chi connectivity index (χ2v) is 5.28. The third-order valence-electron chi connectivity index (χ3n) is 3.40. The lowest BCUT2D eigenvalue weighted by molar-refractivity contribution is -0.0498. The molecule has 0 saturated carbocycles. The Kier molecular flexibility index (Phi) is 5.74. The van der Waals surface area contributed by atoms with Crippen LogP contribution in [0.5, 0.6) is 11.6 Å². The summed E-state index contributed by atoms with van der Waals surface area (Å²) in [5.41, 5.74) is 1.75. The highest BCUT2D eigenvalue weighted by Gasteiger charge is 2.11. The Morgan fingerprint density at radius 3 is 2.73 bits per heavy atom. The van der Waals surface area contributed by atoms with Gasteiger partial charge in [0.05, 0.1) is 0 Å². The van der Waals surface area contributed by atoms with Gasteiger partial charge in [-0.3, -0.25) is 0 Å². The van der Waals surface area contributed by atoms with Crippen LogP contribution in [0.15, 0.2) is 30.6 Å². The molecule has 0 fully saturated rings. The fourth-order valence-corrected chi connectivity index (χ4v) is 2.20. The van der Waals surface area contributed by atoms with E-state index in [4.69, 9.17) is 9.84 Å². The molecule has 0 spiro atoms. The lowest BCUT2D eigenvalue weighted by atomic mass is 10.2. The van der Waals surface area contributed by atoms with Crippen LogP contribution in [0, 0.1) is 0 Å². The van der Waals surface area contributed by atoms with Crippen molar-refractivity contribution >= 4 is 17.1 Å². The molecule has 138 valence electrons. The Hall–Kier alpha value is -3.01. The molecule has 2 aromatic heterocycles. The summed E-state index contributed by atoms with van der Waals surface area (Å²) in [7, 11) is 0. The van der Waals surface area contributed by atoms with Crippen LogP contribution in [0.25, 0.3) is 11.2 Å². The summed E-state index contributed by atoms with van der Waals surface area (Å²) in [6.07, 6.45) is 1.94. The molecule has 1 aromatic carbocycles. The van der Waals surface area contributed by atoms with E-state index in [1.165, 1.54) is 18.5 Å². The SMILES string of the molecule is OCCCNc1nc2ncnc(OCc3ccc(OC(F)F)cc3)c2[nH]1. The van der Waals surface area contributed by atoms with Crippen molar-refractivity contribution in [3.8, 4) is 11.6 Å². The fourth-order valence-electron chi connectivity index (χ4n) is 2.20. The van der Waals surface area contributed by atoms with Gasteiger partial charge < -0.3 is 24.9 Å². The topological polar surface area (TPSA) is 105 Å². The number of aromatic nitrogens is 4. The van der Waals surface area contributed by atoms with E-state index < -0.39 is 6.61 Å². The van der Waals surface area contributed by atoms with Gasteiger partial charge in [-0.2, -0.15) is 18.7 Å². The summed E-state index contributed by atoms with van der Waals surface area (Å²) >= 11 is 0.